The summed E-state index contributed by atoms with van der Waals surface area (Å²) in [6, 6.07) is 9.20. The number of nitrogens with zero attached hydrogens (tertiary/aromatic N) is 1. The molecule has 1 saturated carbocycles. The molecule has 1 aliphatic carbocycles. The fraction of sp³-hybridized carbons (Fsp3) is 0.579. The van der Waals surface area contributed by atoms with E-state index in [0.717, 1.165) is 31.2 Å². The summed E-state index contributed by atoms with van der Waals surface area (Å²) in [7, 11) is 1.43. The smallest absolute Gasteiger partial charge is 0.311 e. The van der Waals surface area contributed by atoms with Crippen LogP contribution in [-0.4, -0.2) is 42.5 Å². The van der Waals surface area contributed by atoms with Gasteiger partial charge in [0.15, 0.2) is 0 Å². The third-order valence-corrected chi connectivity index (χ3v) is 5.51. The zero-order valence-corrected chi connectivity index (χ0v) is 15.4. The van der Waals surface area contributed by atoms with E-state index in [2.05, 4.69) is 0 Å². The Balaban J connectivity index is 0.00000225. The molecule has 2 bridgehead atoms. The van der Waals surface area contributed by atoms with Crippen LogP contribution in [0.2, 0.25) is 0 Å². The van der Waals surface area contributed by atoms with Crippen LogP contribution in [0, 0.1) is 11.8 Å². The Kier molecular flexibility index (Phi) is 6.85. The minimum atomic E-state index is -0.566. The Labute approximate surface area is 155 Å². The topological polar surface area (TPSA) is 72.6 Å². The molecule has 3 rings (SSSR count). The lowest BCUT2D eigenvalue weighted by Gasteiger charge is -2.48. The van der Waals surface area contributed by atoms with Gasteiger partial charge in [0, 0.05) is 12.6 Å². The standard InChI is InChI=1S/C19H26N2O3.ClH/c1-24-19(23)17-14-8-5-9-16(17)21(11-10-14)18(22)15(20)12-13-6-3-2-4-7-13;/h2-4,6-7,14-17H,5,8-12,20H2,1H3;1H/t14-,15+,16-,17-;/m1./s1. The molecule has 0 radical (unpaired) electrons. The van der Waals surface area contributed by atoms with Crippen molar-refractivity contribution in [2.24, 2.45) is 17.6 Å². The molecule has 6 heteroatoms. The number of halogens is 1. The van der Waals surface area contributed by atoms with Crippen LogP contribution in [0.4, 0.5) is 0 Å². The van der Waals surface area contributed by atoms with Gasteiger partial charge in [-0.3, -0.25) is 9.59 Å². The number of rotatable bonds is 4. The number of piperidine rings is 1. The van der Waals surface area contributed by atoms with Crippen molar-refractivity contribution in [2.45, 2.75) is 44.2 Å². The molecule has 1 aliphatic heterocycles. The van der Waals surface area contributed by atoms with Gasteiger partial charge in [-0.05, 0) is 37.2 Å². The molecule has 1 heterocycles. The Bertz CT molecular complexity index is 596. The Morgan fingerprint density at radius 1 is 1.24 bits per heavy atom. The molecular formula is C19H27ClN2O3. The number of methoxy groups -OCH3 is 1. The first-order valence-electron chi connectivity index (χ1n) is 8.79. The van der Waals surface area contributed by atoms with Crippen LogP contribution in [0.15, 0.2) is 30.3 Å². The SMILES string of the molecule is COC(=O)[C@@H]1[C@@H]2CCC[C@H]1N(C(=O)[C@@H](N)Cc1ccccc1)CC2.Cl. The molecule has 138 valence electrons. The van der Waals surface area contributed by atoms with Gasteiger partial charge >= 0.3 is 5.97 Å². The van der Waals surface area contributed by atoms with Crippen molar-refractivity contribution in [1.29, 1.82) is 0 Å². The minimum Gasteiger partial charge on any atom is -0.469 e. The zero-order chi connectivity index (χ0) is 17.1. The fourth-order valence-corrected chi connectivity index (χ4v) is 4.33. The molecule has 1 aromatic rings. The van der Waals surface area contributed by atoms with Crippen LogP contribution in [-0.2, 0) is 20.7 Å². The maximum Gasteiger partial charge on any atom is 0.311 e. The average Bonchev–Trinajstić information content (AvgIpc) is 2.61. The van der Waals surface area contributed by atoms with Crippen LogP contribution in [0.1, 0.15) is 31.2 Å². The number of hydrogen-bond acceptors (Lipinski definition) is 4. The van der Waals surface area contributed by atoms with Gasteiger partial charge in [0.25, 0.3) is 0 Å². The normalized spacial score (nSPS) is 26.3. The fourth-order valence-electron chi connectivity index (χ4n) is 4.33. The zero-order valence-electron chi connectivity index (χ0n) is 14.6. The Morgan fingerprint density at radius 2 is 1.96 bits per heavy atom. The quantitative estimate of drug-likeness (QED) is 0.829. The molecule has 5 nitrogen and oxygen atoms in total. The number of carbonyl (C=O) groups is 2. The van der Waals surface area contributed by atoms with Crippen LogP contribution in [0.3, 0.4) is 0 Å². The highest BCUT2D eigenvalue weighted by Crippen LogP contribution is 2.40. The van der Waals surface area contributed by atoms with Gasteiger partial charge in [-0.25, -0.2) is 0 Å². The molecule has 2 N–H and O–H groups in total. The lowest BCUT2D eigenvalue weighted by atomic mass is 9.70. The van der Waals surface area contributed by atoms with E-state index >= 15 is 0 Å². The van der Waals surface area contributed by atoms with E-state index in [1.54, 1.807) is 0 Å². The van der Waals surface area contributed by atoms with Gasteiger partial charge in [-0.2, -0.15) is 0 Å². The van der Waals surface area contributed by atoms with E-state index in [4.69, 9.17) is 10.5 Å². The number of fused-ring (bicyclic) bond motifs is 2. The van der Waals surface area contributed by atoms with Crippen molar-refractivity contribution in [3.05, 3.63) is 35.9 Å². The highest BCUT2D eigenvalue weighted by atomic mass is 35.5. The monoisotopic (exact) mass is 366 g/mol. The number of hydrogen-bond donors (Lipinski definition) is 1. The molecule has 4 atom stereocenters. The number of benzene rings is 1. The molecule has 2 aliphatic rings. The predicted octanol–water partition coefficient (Wildman–Crippen LogP) is 2.17. The molecule has 25 heavy (non-hydrogen) atoms. The highest BCUT2D eigenvalue weighted by molar-refractivity contribution is 5.85. The van der Waals surface area contributed by atoms with Crippen LogP contribution in [0.25, 0.3) is 0 Å². The average molecular weight is 367 g/mol. The molecule has 0 spiro atoms. The number of nitrogens with two attached hydrogens (primary N) is 1. The van der Waals surface area contributed by atoms with Crippen LogP contribution < -0.4 is 5.73 Å². The van der Waals surface area contributed by atoms with Gasteiger partial charge in [0.1, 0.15) is 0 Å². The maximum atomic E-state index is 12.9. The lowest BCUT2D eigenvalue weighted by molar-refractivity contribution is -0.159. The van der Waals surface area contributed by atoms with Crippen molar-refractivity contribution in [1.82, 2.24) is 4.90 Å². The molecule has 1 saturated heterocycles. The summed E-state index contributed by atoms with van der Waals surface area (Å²) < 4.78 is 5.00. The minimum absolute atomic E-state index is 0. The number of esters is 1. The summed E-state index contributed by atoms with van der Waals surface area (Å²) in [4.78, 5) is 27.0. The summed E-state index contributed by atoms with van der Waals surface area (Å²) in [6.07, 6.45) is 4.35. The predicted molar refractivity (Wildman–Crippen MR) is 98.3 cm³/mol. The summed E-state index contributed by atoms with van der Waals surface area (Å²) >= 11 is 0. The second-order valence-electron chi connectivity index (χ2n) is 6.92. The summed E-state index contributed by atoms with van der Waals surface area (Å²) in [5, 5.41) is 0. The van der Waals surface area contributed by atoms with E-state index in [0.29, 0.717) is 18.9 Å². The van der Waals surface area contributed by atoms with Crippen molar-refractivity contribution < 1.29 is 14.3 Å². The van der Waals surface area contributed by atoms with Crippen LogP contribution >= 0.6 is 12.4 Å². The molecule has 1 aromatic carbocycles. The number of likely N-dealkylation sites (tertiary alicyclic amines) is 1. The van der Waals surface area contributed by atoms with Gasteiger partial charge in [0.05, 0.1) is 19.1 Å². The van der Waals surface area contributed by atoms with E-state index in [1.165, 1.54) is 7.11 Å². The first-order valence-corrected chi connectivity index (χ1v) is 8.79. The largest absolute Gasteiger partial charge is 0.469 e. The van der Waals surface area contributed by atoms with Crippen LogP contribution in [0.5, 0.6) is 0 Å². The second-order valence-corrected chi connectivity index (χ2v) is 6.92. The third kappa shape index (κ3) is 4.15. The maximum absolute atomic E-state index is 12.9. The van der Waals surface area contributed by atoms with E-state index in [9.17, 15) is 9.59 Å². The highest BCUT2D eigenvalue weighted by Gasteiger charge is 2.47. The summed E-state index contributed by atoms with van der Waals surface area (Å²) in [5.41, 5.74) is 7.25. The van der Waals surface area contributed by atoms with Crippen molar-refractivity contribution in [2.75, 3.05) is 13.7 Å². The summed E-state index contributed by atoms with van der Waals surface area (Å²) in [5.74, 6) is -0.0760. The van der Waals surface area contributed by atoms with Gasteiger partial charge < -0.3 is 15.4 Å². The lowest BCUT2D eigenvalue weighted by Crippen LogP contribution is -2.59. The van der Waals surface area contributed by atoms with Gasteiger partial charge in [-0.1, -0.05) is 36.8 Å². The molecule has 0 unspecified atom stereocenters. The van der Waals surface area contributed by atoms with Gasteiger partial charge in [0.2, 0.25) is 5.91 Å². The number of carbonyl (C=O) groups excluding carboxylic acids is 2. The third-order valence-electron chi connectivity index (χ3n) is 5.51. The van der Waals surface area contributed by atoms with Crippen molar-refractivity contribution in [3.63, 3.8) is 0 Å². The molecule has 1 amide bonds. The number of amides is 1. The Hall–Kier alpha value is -1.59. The molecule has 2 fully saturated rings. The van der Waals surface area contributed by atoms with Crippen molar-refractivity contribution in [3.8, 4) is 0 Å². The molecule has 0 aromatic heterocycles. The second kappa shape index (κ2) is 8.68. The molecular weight excluding hydrogens is 340 g/mol. The first-order chi connectivity index (χ1) is 11.6. The van der Waals surface area contributed by atoms with E-state index in [-0.39, 0.29) is 36.2 Å². The summed E-state index contributed by atoms with van der Waals surface area (Å²) in [6.45, 7) is 0.699. The van der Waals surface area contributed by atoms with Gasteiger partial charge in [-0.15, -0.1) is 12.4 Å². The van der Waals surface area contributed by atoms with E-state index in [1.807, 2.05) is 35.2 Å². The van der Waals surface area contributed by atoms with Crippen molar-refractivity contribution >= 4 is 24.3 Å². The van der Waals surface area contributed by atoms with E-state index < -0.39 is 6.04 Å². The first kappa shape index (κ1) is 19.7. The Morgan fingerprint density at radius 3 is 2.64 bits per heavy atom. The number of ether oxygens (including phenoxy) is 1.